The SMILES string of the molecule is COCC(C)N(C)C(=O)CCC(CCN)C(C)C. The summed E-state index contributed by atoms with van der Waals surface area (Å²) < 4.78 is 5.07. The fourth-order valence-corrected chi connectivity index (χ4v) is 2.11. The predicted molar refractivity (Wildman–Crippen MR) is 75.3 cm³/mol. The first-order valence-corrected chi connectivity index (χ1v) is 6.88. The Hall–Kier alpha value is -0.610. The van der Waals surface area contributed by atoms with E-state index in [1.165, 1.54) is 0 Å². The minimum atomic E-state index is 0.134. The fraction of sp³-hybridized carbons (Fsp3) is 0.929. The second-order valence-corrected chi connectivity index (χ2v) is 5.43. The molecular weight excluding hydrogens is 228 g/mol. The molecule has 0 heterocycles. The number of nitrogens with two attached hydrogens (primary N) is 1. The molecule has 0 rings (SSSR count). The van der Waals surface area contributed by atoms with Crippen LogP contribution in [0.15, 0.2) is 0 Å². The fourth-order valence-electron chi connectivity index (χ4n) is 2.11. The van der Waals surface area contributed by atoms with E-state index < -0.39 is 0 Å². The Morgan fingerprint density at radius 3 is 2.33 bits per heavy atom. The van der Waals surface area contributed by atoms with Gasteiger partial charge in [-0.2, -0.15) is 0 Å². The summed E-state index contributed by atoms with van der Waals surface area (Å²) in [6.45, 7) is 7.68. The minimum absolute atomic E-state index is 0.134. The van der Waals surface area contributed by atoms with Crippen molar-refractivity contribution in [3.8, 4) is 0 Å². The van der Waals surface area contributed by atoms with Crippen LogP contribution in [0.1, 0.15) is 40.0 Å². The summed E-state index contributed by atoms with van der Waals surface area (Å²) in [5.41, 5.74) is 5.61. The third kappa shape index (κ3) is 6.36. The Morgan fingerprint density at radius 1 is 1.28 bits per heavy atom. The van der Waals surface area contributed by atoms with Crippen LogP contribution in [-0.4, -0.2) is 44.2 Å². The van der Waals surface area contributed by atoms with Crippen LogP contribution in [0.2, 0.25) is 0 Å². The van der Waals surface area contributed by atoms with E-state index in [2.05, 4.69) is 13.8 Å². The molecule has 0 spiro atoms. The van der Waals surface area contributed by atoms with Crippen LogP contribution < -0.4 is 5.73 Å². The zero-order valence-electron chi connectivity index (χ0n) is 12.6. The number of hydrogen-bond donors (Lipinski definition) is 1. The molecule has 2 N–H and O–H groups in total. The highest BCUT2D eigenvalue weighted by Crippen LogP contribution is 2.21. The van der Waals surface area contributed by atoms with Gasteiger partial charge in [0.2, 0.25) is 5.91 Å². The van der Waals surface area contributed by atoms with Crippen molar-refractivity contribution < 1.29 is 9.53 Å². The molecule has 0 saturated heterocycles. The normalized spacial score (nSPS) is 14.6. The van der Waals surface area contributed by atoms with Crippen molar-refractivity contribution in [1.29, 1.82) is 0 Å². The van der Waals surface area contributed by atoms with Gasteiger partial charge in [-0.25, -0.2) is 0 Å². The molecular formula is C14H30N2O2. The van der Waals surface area contributed by atoms with Crippen LogP contribution in [0.4, 0.5) is 0 Å². The summed E-state index contributed by atoms with van der Waals surface area (Å²) in [5.74, 6) is 1.33. The largest absolute Gasteiger partial charge is 0.383 e. The highest BCUT2D eigenvalue weighted by atomic mass is 16.5. The quantitative estimate of drug-likeness (QED) is 0.687. The Balaban J connectivity index is 4.14. The van der Waals surface area contributed by atoms with E-state index in [1.807, 2.05) is 14.0 Å². The first-order chi connectivity index (χ1) is 8.43. The maximum atomic E-state index is 12.0. The molecule has 4 heteroatoms. The molecule has 2 unspecified atom stereocenters. The molecule has 108 valence electrons. The first kappa shape index (κ1) is 17.4. The van der Waals surface area contributed by atoms with E-state index in [1.54, 1.807) is 12.0 Å². The molecule has 0 radical (unpaired) electrons. The van der Waals surface area contributed by atoms with Gasteiger partial charge >= 0.3 is 0 Å². The first-order valence-electron chi connectivity index (χ1n) is 6.88. The molecule has 0 fully saturated rings. The number of rotatable bonds is 9. The van der Waals surface area contributed by atoms with Gasteiger partial charge in [0.15, 0.2) is 0 Å². The average Bonchev–Trinajstić information content (AvgIpc) is 2.32. The lowest BCUT2D eigenvalue weighted by Crippen LogP contribution is -2.38. The van der Waals surface area contributed by atoms with Crippen LogP contribution in [0.3, 0.4) is 0 Å². The van der Waals surface area contributed by atoms with Gasteiger partial charge in [-0.3, -0.25) is 4.79 Å². The van der Waals surface area contributed by atoms with Crippen molar-refractivity contribution in [2.24, 2.45) is 17.6 Å². The number of methoxy groups -OCH3 is 1. The number of carbonyl (C=O) groups excluding carboxylic acids is 1. The number of hydrogen-bond acceptors (Lipinski definition) is 3. The third-order valence-electron chi connectivity index (χ3n) is 3.67. The summed E-state index contributed by atoms with van der Waals surface area (Å²) in [7, 11) is 3.50. The summed E-state index contributed by atoms with van der Waals surface area (Å²) in [6.07, 6.45) is 2.54. The number of amides is 1. The van der Waals surface area contributed by atoms with Crippen LogP contribution in [0, 0.1) is 11.8 Å². The zero-order valence-corrected chi connectivity index (χ0v) is 12.6. The number of nitrogens with zero attached hydrogens (tertiary/aromatic N) is 1. The smallest absolute Gasteiger partial charge is 0.222 e. The second-order valence-electron chi connectivity index (χ2n) is 5.43. The average molecular weight is 258 g/mol. The maximum absolute atomic E-state index is 12.0. The lowest BCUT2D eigenvalue weighted by Gasteiger charge is -2.26. The Labute approximate surface area is 112 Å². The Morgan fingerprint density at radius 2 is 1.89 bits per heavy atom. The van der Waals surface area contributed by atoms with Crippen molar-refractivity contribution in [1.82, 2.24) is 4.90 Å². The lowest BCUT2D eigenvalue weighted by molar-refractivity contribution is -0.133. The summed E-state index contributed by atoms with van der Waals surface area (Å²) in [5, 5.41) is 0. The van der Waals surface area contributed by atoms with Crippen LogP contribution in [0.25, 0.3) is 0 Å². The van der Waals surface area contributed by atoms with Crippen molar-refractivity contribution in [2.45, 2.75) is 46.1 Å². The lowest BCUT2D eigenvalue weighted by atomic mass is 9.88. The summed E-state index contributed by atoms with van der Waals surface area (Å²) >= 11 is 0. The highest BCUT2D eigenvalue weighted by molar-refractivity contribution is 5.76. The molecule has 1 amide bonds. The van der Waals surface area contributed by atoms with Crippen molar-refractivity contribution in [3.05, 3.63) is 0 Å². The zero-order chi connectivity index (χ0) is 14.1. The van der Waals surface area contributed by atoms with E-state index in [-0.39, 0.29) is 11.9 Å². The van der Waals surface area contributed by atoms with Gasteiger partial charge in [0.25, 0.3) is 0 Å². The molecule has 0 aliphatic rings. The van der Waals surface area contributed by atoms with E-state index in [4.69, 9.17) is 10.5 Å². The second kappa shape index (κ2) is 9.34. The molecule has 4 nitrogen and oxygen atoms in total. The van der Waals surface area contributed by atoms with Gasteiger partial charge in [0.1, 0.15) is 0 Å². The van der Waals surface area contributed by atoms with Gasteiger partial charge in [-0.1, -0.05) is 13.8 Å². The van der Waals surface area contributed by atoms with Crippen LogP contribution in [0.5, 0.6) is 0 Å². The van der Waals surface area contributed by atoms with Crippen molar-refractivity contribution in [3.63, 3.8) is 0 Å². The van der Waals surface area contributed by atoms with Gasteiger partial charge in [-0.15, -0.1) is 0 Å². The summed E-state index contributed by atoms with van der Waals surface area (Å²) in [4.78, 5) is 13.8. The maximum Gasteiger partial charge on any atom is 0.222 e. The molecule has 18 heavy (non-hydrogen) atoms. The Bertz CT molecular complexity index is 232. The molecule has 0 saturated carbocycles. The van der Waals surface area contributed by atoms with Crippen LogP contribution >= 0.6 is 0 Å². The standard InChI is InChI=1S/C14H30N2O2/c1-11(2)13(8-9-15)6-7-14(17)16(4)12(3)10-18-5/h11-13H,6-10,15H2,1-5H3. The number of ether oxygens (including phenoxy) is 1. The van der Waals surface area contributed by atoms with Gasteiger partial charge in [0.05, 0.1) is 12.6 Å². The van der Waals surface area contributed by atoms with Crippen molar-refractivity contribution >= 4 is 5.91 Å². The summed E-state index contributed by atoms with van der Waals surface area (Å²) in [6, 6.07) is 0.134. The minimum Gasteiger partial charge on any atom is -0.383 e. The Kier molecular flexibility index (Phi) is 9.02. The predicted octanol–water partition coefficient (Wildman–Crippen LogP) is 1.88. The van der Waals surface area contributed by atoms with Crippen molar-refractivity contribution in [2.75, 3.05) is 27.3 Å². The van der Waals surface area contributed by atoms with E-state index in [0.29, 0.717) is 31.4 Å². The van der Waals surface area contributed by atoms with Gasteiger partial charge in [-0.05, 0) is 38.1 Å². The third-order valence-corrected chi connectivity index (χ3v) is 3.67. The van der Waals surface area contributed by atoms with Gasteiger partial charge in [0, 0.05) is 20.6 Å². The van der Waals surface area contributed by atoms with E-state index >= 15 is 0 Å². The van der Waals surface area contributed by atoms with Gasteiger partial charge < -0.3 is 15.4 Å². The number of likely N-dealkylation sites (N-methyl/N-ethyl adjacent to an activating group) is 1. The molecule has 0 aromatic heterocycles. The molecule has 0 aromatic rings. The van der Waals surface area contributed by atoms with Crippen LogP contribution in [-0.2, 0) is 9.53 Å². The van der Waals surface area contributed by atoms with E-state index in [0.717, 1.165) is 12.8 Å². The molecule has 0 aliphatic carbocycles. The molecule has 0 aromatic carbocycles. The highest BCUT2D eigenvalue weighted by Gasteiger charge is 2.18. The molecule has 0 bridgehead atoms. The topological polar surface area (TPSA) is 55.6 Å². The molecule has 2 atom stereocenters. The molecule has 0 aliphatic heterocycles. The monoisotopic (exact) mass is 258 g/mol. The number of carbonyl (C=O) groups is 1. The van der Waals surface area contributed by atoms with E-state index in [9.17, 15) is 4.79 Å².